The summed E-state index contributed by atoms with van der Waals surface area (Å²) in [5.74, 6) is 2.31. The first-order chi connectivity index (χ1) is 14.7. The molecule has 0 amide bonds. The molecule has 31 heavy (non-hydrogen) atoms. The molecule has 0 bridgehead atoms. The third kappa shape index (κ3) is 4.15. The SMILES string of the molecule is CC.CCC1(C)c2cc(OC)ccc2-c2n(cc[n+]2C)[C@@]1(C)C/C=C(C)\C=C(\C)OF. The molecule has 0 saturated carbocycles. The summed E-state index contributed by atoms with van der Waals surface area (Å²) in [5.41, 5.74) is 3.18. The topological polar surface area (TPSA) is 27.3 Å². The number of fused-ring (bicyclic) bond motifs is 3. The molecular formula is C26H38FN2O2+. The highest BCUT2D eigenvalue weighted by Gasteiger charge is 2.55. The predicted molar refractivity (Wildman–Crippen MR) is 125 cm³/mol. The van der Waals surface area contributed by atoms with Gasteiger partial charge in [-0.15, -0.1) is 0 Å². The fourth-order valence-electron chi connectivity index (χ4n) is 4.71. The summed E-state index contributed by atoms with van der Waals surface area (Å²) in [7, 11) is 3.80. The van der Waals surface area contributed by atoms with Crippen LogP contribution in [0.3, 0.4) is 0 Å². The Kier molecular flexibility index (Phi) is 7.74. The number of hydrogen-bond acceptors (Lipinski definition) is 2. The van der Waals surface area contributed by atoms with E-state index in [1.54, 1.807) is 20.1 Å². The van der Waals surface area contributed by atoms with Crippen molar-refractivity contribution in [2.75, 3.05) is 7.11 Å². The number of allylic oxidation sites excluding steroid dienone is 4. The molecule has 0 aliphatic carbocycles. The Bertz CT molecular complexity index is 976. The van der Waals surface area contributed by atoms with Gasteiger partial charge in [0.25, 0.3) is 5.82 Å². The Balaban J connectivity index is 0.00000166. The van der Waals surface area contributed by atoms with Gasteiger partial charge in [0.05, 0.1) is 19.7 Å². The normalized spacial score (nSPS) is 22.8. The highest BCUT2D eigenvalue weighted by atomic mass is 19.3. The monoisotopic (exact) mass is 429 g/mol. The van der Waals surface area contributed by atoms with Gasteiger partial charge in [-0.25, -0.2) is 9.13 Å². The van der Waals surface area contributed by atoms with Crippen LogP contribution < -0.4 is 9.30 Å². The Morgan fingerprint density at radius 3 is 2.48 bits per heavy atom. The molecular weight excluding hydrogens is 391 g/mol. The van der Waals surface area contributed by atoms with E-state index in [0.29, 0.717) is 0 Å². The minimum atomic E-state index is -0.211. The standard InChI is InChI=1S/C24H32FN2O2.C2H6/c1-8-23(4)21-16-19(28-7)9-10-20(21)22-26(6)13-14-27(22)24(23,5)12-11-17(2)15-18(3)29-25;1-2/h9-11,13-16H,8,12H2,1-7H3;1-2H3/q+1;/b17-11-,18-15-;/t23?,24-;/m0./s1. The van der Waals surface area contributed by atoms with E-state index in [9.17, 15) is 4.53 Å². The minimum absolute atomic E-state index is 0.123. The summed E-state index contributed by atoms with van der Waals surface area (Å²) >= 11 is 0. The fraction of sp³-hybridized carbons (Fsp3) is 0.500. The van der Waals surface area contributed by atoms with E-state index < -0.39 is 0 Å². The molecule has 0 saturated heterocycles. The fourth-order valence-corrected chi connectivity index (χ4v) is 4.71. The van der Waals surface area contributed by atoms with Crippen molar-refractivity contribution in [1.82, 2.24) is 4.57 Å². The highest BCUT2D eigenvalue weighted by Crippen LogP contribution is 2.53. The predicted octanol–water partition coefficient (Wildman–Crippen LogP) is 6.55. The van der Waals surface area contributed by atoms with Crippen LogP contribution in [-0.4, -0.2) is 11.7 Å². The Morgan fingerprint density at radius 1 is 1.23 bits per heavy atom. The molecule has 2 atom stereocenters. The lowest BCUT2D eigenvalue weighted by Gasteiger charge is -2.47. The largest absolute Gasteiger partial charge is 0.497 e. The molecule has 3 rings (SSSR count). The molecule has 1 unspecified atom stereocenters. The molecule has 2 heterocycles. The van der Waals surface area contributed by atoms with E-state index >= 15 is 0 Å². The number of nitrogens with zero attached hydrogens (tertiary/aromatic N) is 2. The molecule has 0 N–H and O–H groups in total. The van der Waals surface area contributed by atoms with Crippen LogP contribution in [0.25, 0.3) is 11.4 Å². The van der Waals surface area contributed by atoms with Crippen molar-refractivity contribution in [1.29, 1.82) is 0 Å². The first-order valence-corrected chi connectivity index (χ1v) is 11.1. The van der Waals surface area contributed by atoms with Crippen molar-refractivity contribution < 1.29 is 18.8 Å². The van der Waals surface area contributed by atoms with Gasteiger partial charge in [-0.3, -0.25) is 4.94 Å². The van der Waals surface area contributed by atoms with Crippen LogP contribution in [0.2, 0.25) is 0 Å². The number of hydrogen-bond donors (Lipinski definition) is 0. The zero-order valence-electron chi connectivity index (χ0n) is 20.5. The summed E-state index contributed by atoms with van der Waals surface area (Å²) < 4.78 is 22.6. The van der Waals surface area contributed by atoms with Crippen molar-refractivity contribution in [3.8, 4) is 17.1 Å². The van der Waals surface area contributed by atoms with Gasteiger partial charge in [0.1, 0.15) is 29.4 Å². The molecule has 0 spiro atoms. The van der Waals surface area contributed by atoms with Gasteiger partial charge in [-0.2, -0.15) is 0 Å². The summed E-state index contributed by atoms with van der Waals surface area (Å²) in [6, 6.07) is 6.38. The van der Waals surface area contributed by atoms with Gasteiger partial charge in [0.15, 0.2) is 0 Å². The molecule has 0 radical (unpaired) electrons. The summed E-state index contributed by atoms with van der Waals surface area (Å²) in [6.07, 6.45) is 9.96. The molecule has 0 fully saturated rings. The third-order valence-electron chi connectivity index (χ3n) is 6.87. The van der Waals surface area contributed by atoms with Crippen molar-refractivity contribution >= 4 is 0 Å². The molecule has 1 aliphatic rings. The first-order valence-electron chi connectivity index (χ1n) is 11.1. The number of methoxy groups -OCH3 is 1. The lowest BCUT2D eigenvalue weighted by molar-refractivity contribution is -0.660. The molecule has 1 aliphatic heterocycles. The lowest BCUT2D eigenvalue weighted by atomic mass is 9.61. The molecule has 5 heteroatoms. The Morgan fingerprint density at radius 2 is 1.90 bits per heavy atom. The maximum Gasteiger partial charge on any atom is 0.289 e. The van der Waals surface area contributed by atoms with Crippen LogP contribution >= 0.6 is 0 Å². The average molecular weight is 430 g/mol. The van der Waals surface area contributed by atoms with Crippen molar-refractivity contribution in [3.05, 3.63) is 59.6 Å². The van der Waals surface area contributed by atoms with E-state index in [-0.39, 0.29) is 16.7 Å². The number of rotatable bonds is 6. The zero-order chi connectivity index (χ0) is 23.4. The van der Waals surface area contributed by atoms with Gasteiger partial charge in [0, 0.05) is 16.4 Å². The second-order valence-electron chi connectivity index (χ2n) is 8.46. The van der Waals surface area contributed by atoms with E-state index in [1.807, 2.05) is 26.8 Å². The molecule has 2 aromatic rings. The Hall–Kier alpha value is -2.56. The van der Waals surface area contributed by atoms with E-state index in [0.717, 1.165) is 24.2 Å². The van der Waals surface area contributed by atoms with Crippen LogP contribution in [0, 0.1) is 0 Å². The van der Waals surface area contributed by atoms with Crippen LogP contribution in [0.1, 0.15) is 66.9 Å². The van der Waals surface area contributed by atoms with Crippen molar-refractivity contribution in [2.24, 2.45) is 7.05 Å². The third-order valence-corrected chi connectivity index (χ3v) is 6.87. The number of imidazole rings is 1. The van der Waals surface area contributed by atoms with Crippen LogP contribution in [-0.2, 0) is 22.9 Å². The van der Waals surface area contributed by atoms with Crippen LogP contribution in [0.4, 0.5) is 4.53 Å². The lowest BCUT2D eigenvalue weighted by Crippen LogP contribution is -2.53. The summed E-state index contributed by atoms with van der Waals surface area (Å²) in [4.78, 5) is 3.83. The Labute approximate surface area is 186 Å². The van der Waals surface area contributed by atoms with Crippen molar-refractivity contribution in [2.45, 2.75) is 72.3 Å². The number of ether oxygens (including phenoxy) is 1. The number of aryl methyl sites for hydroxylation is 1. The summed E-state index contributed by atoms with van der Waals surface area (Å²) in [6.45, 7) is 14.5. The van der Waals surface area contributed by atoms with Crippen LogP contribution in [0.5, 0.6) is 5.75 Å². The second-order valence-corrected chi connectivity index (χ2v) is 8.46. The molecule has 1 aromatic carbocycles. The number of halogens is 1. The highest BCUT2D eigenvalue weighted by molar-refractivity contribution is 5.66. The minimum Gasteiger partial charge on any atom is -0.497 e. The smallest absolute Gasteiger partial charge is 0.289 e. The quantitative estimate of drug-likeness (QED) is 0.296. The molecule has 4 nitrogen and oxygen atoms in total. The summed E-state index contributed by atoms with van der Waals surface area (Å²) in [5, 5.41) is 0. The number of aromatic nitrogens is 2. The first kappa shape index (κ1) is 24.7. The maximum absolute atomic E-state index is 12.4. The number of benzene rings is 1. The van der Waals surface area contributed by atoms with Gasteiger partial charge in [-0.05, 0) is 57.0 Å². The van der Waals surface area contributed by atoms with Gasteiger partial charge < -0.3 is 4.74 Å². The van der Waals surface area contributed by atoms with Gasteiger partial charge >= 0.3 is 0 Å². The van der Waals surface area contributed by atoms with Gasteiger partial charge in [0.2, 0.25) is 0 Å². The van der Waals surface area contributed by atoms with E-state index in [2.05, 4.69) is 72.5 Å². The van der Waals surface area contributed by atoms with Gasteiger partial charge in [-0.1, -0.05) is 39.3 Å². The zero-order valence-corrected chi connectivity index (χ0v) is 20.5. The average Bonchev–Trinajstić information content (AvgIpc) is 3.19. The van der Waals surface area contributed by atoms with E-state index in [4.69, 9.17) is 4.74 Å². The van der Waals surface area contributed by atoms with E-state index in [1.165, 1.54) is 17.0 Å². The van der Waals surface area contributed by atoms with Crippen LogP contribution in [0.15, 0.2) is 54.1 Å². The second kappa shape index (κ2) is 9.71. The maximum atomic E-state index is 12.4. The molecule has 1 aromatic heterocycles. The van der Waals surface area contributed by atoms with Crippen molar-refractivity contribution in [3.63, 3.8) is 0 Å². The molecule has 170 valence electrons.